The summed E-state index contributed by atoms with van der Waals surface area (Å²) < 4.78 is 5.86. The summed E-state index contributed by atoms with van der Waals surface area (Å²) in [4.78, 5) is 39.8. The number of aliphatic hydroxyl groups excluding tert-OH is 1. The number of aliphatic hydroxyl groups is 1. The minimum atomic E-state index is -0.647. The van der Waals surface area contributed by atoms with Crippen molar-refractivity contribution in [1.29, 1.82) is 0 Å². The standard InChI is InChI=1S/C35H46N2O5/c1-3-5-8-20-30(23-27-16-9-6-10-17-27)34(41)42-25-31(28-18-11-7-12-19-28)36-33(40)29(15-4-2)24-32(39)37-35(26-38)21-13-14-22-35/h3-4,6-7,9-12,16-19,29-31,38H,1-2,5,8,13-15,20-26H2,(H,36,40)(H,37,39)/t29-,30+,31-/m0/s1. The fourth-order valence-corrected chi connectivity index (χ4v) is 5.62. The topological polar surface area (TPSA) is 105 Å². The van der Waals surface area contributed by atoms with Crippen LogP contribution in [-0.2, 0) is 25.5 Å². The molecular formula is C35H46N2O5. The summed E-state index contributed by atoms with van der Waals surface area (Å²) in [5.74, 6) is -1.84. The fourth-order valence-electron chi connectivity index (χ4n) is 5.62. The summed E-state index contributed by atoms with van der Waals surface area (Å²) in [5.41, 5.74) is 1.27. The van der Waals surface area contributed by atoms with E-state index in [1.807, 2.05) is 66.7 Å². The van der Waals surface area contributed by atoms with E-state index in [9.17, 15) is 19.5 Å². The lowest BCUT2D eigenvalue weighted by atomic mass is 9.94. The summed E-state index contributed by atoms with van der Waals surface area (Å²) in [6.07, 6.45) is 10.0. The monoisotopic (exact) mass is 574 g/mol. The molecule has 2 amide bonds. The number of unbranched alkanes of at least 4 members (excludes halogenated alkanes) is 1. The van der Waals surface area contributed by atoms with Crippen molar-refractivity contribution in [3.63, 3.8) is 0 Å². The highest BCUT2D eigenvalue weighted by atomic mass is 16.5. The van der Waals surface area contributed by atoms with E-state index in [1.54, 1.807) is 6.08 Å². The number of esters is 1. The van der Waals surface area contributed by atoms with E-state index in [2.05, 4.69) is 23.8 Å². The molecular weight excluding hydrogens is 528 g/mol. The van der Waals surface area contributed by atoms with Crippen LogP contribution >= 0.6 is 0 Å². The normalized spacial score (nSPS) is 16.0. The van der Waals surface area contributed by atoms with Crippen LogP contribution in [0, 0.1) is 11.8 Å². The Balaban J connectivity index is 1.68. The van der Waals surface area contributed by atoms with Crippen LogP contribution in [0.1, 0.15) is 75.0 Å². The van der Waals surface area contributed by atoms with E-state index in [0.29, 0.717) is 19.3 Å². The highest BCUT2D eigenvalue weighted by Crippen LogP contribution is 2.29. The fraction of sp³-hybridized carbons (Fsp3) is 0.457. The Morgan fingerprint density at radius 2 is 1.62 bits per heavy atom. The molecule has 0 spiro atoms. The number of hydrogen-bond acceptors (Lipinski definition) is 5. The summed E-state index contributed by atoms with van der Waals surface area (Å²) in [6.45, 7) is 7.42. The maximum Gasteiger partial charge on any atom is 0.309 e. The smallest absolute Gasteiger partial charge is 0.309 e. The maximum atomic E-state index is 13.5. The van der Waals surface area contributed by atoms with Crippen molar-refractivity contribution < 1.29 is 24.2 Å². The Morgan fingerprint density at radius 3 is 2.24 bits per heavy atom. The Bertz CT molecular complexity index is 1140. The zero-order valence-corrected chi connectivity index (χ0v) is 24.6. The molecule has 0 aromatic heterocycles. The number of nitrogens with one attached hydrogen (secondary N) is 2. The minimum Gasteiger partial charge on any atom is -0.463 e. The van der Waals surface area contributed by atoms with Crippen LogP contribution in [0.15, 0.2) is 86.0 Å². The second kappa shape index (κ2) is 17.3. The Hall–Kier alpha value is -3.71. The lowest BCUT2D eigenvalue weighted by molar-refractivity contribution is -0.150. The molecule has 3 atom stereocenters. The lowest BCUT2D eigenvalue weighted by Crippen LogP contribution is -2.50. The molecule has 7 heteroatoms. The number of carbonyl (C=O) groups is 3. The average molecular weight is 575 g/mol. The van der Waals surface area contributed by atoms with Crippen LogP contribution in [0.5, 0.6) is 0 Å². The van der Waals surface area contributed by atoms with Gasteiger partial charge in [0.05, 0.1) is 30.0 Å². The molecule has 1 fully saturated rings. The van der Waals surface area contributed by atoms with Gasteiger partial charge in [0.15, 0.2) is 0 Å². The average Bonchev–Trinajstić information content (AvgIpc) is 3.48. The second-order valence-electron chi connectivity index (χ2n) is 11.3. The van der Waals surface area contributed by atoms with E-state index < -0.39 is 17.5 Å². The highest BCUT2D eigenvalue weighted by Gasteiger charge is 2.35. The van der Waals surface area contributed by atoms with Crippen LogP contribution in [0.25, 0.3) is 0 Å². The van der Waals surface area contributed by atoms with E-state index in [-0.39, 0.29) is 43.3 Å². The predicted molar refractivity (Wildman–Crippen MR) is 165 cm³/mol. The molecule has 1 aliphatic rings. The first-order valence-electron chi connectivity index (χ1n) is 15.1. The lowest BCUT2D eigenvalue weighted by Gasteiger charge is -2.29. The first-order chi connectivity index (χ1) is 20.4. The second-order valence-corrected chi connectivity index (χ2v) is 11.3. The van der Waals surface area contributed by atoms with Gasteiger partial charge in [-0.1, -0.05) is 85.7 Å². The van der Waals surface area contributed by atoms with Crippen molar-refractivity contribution in [1.82, 2.24) is 10.6 Å². The maximum absolute atomic E-state index is 13.5. The van der Waals surface area contributed by atoms with Crippen LogP contribution in [-0.4, -0.2) is 41.6 Å². The van der Waals surface area contributed by atoms with Crippen molar-refractivity contribution in [2.75, 3.05) is 13.2 Å². The number of benzene rings is 2. The number of amides is 2. The summed E-state index contributed by atoms with van der Waals surface area (Å²) in [7, 11) is 0. The molecule has 7 nitrogen and oxygen atoms in total. The Kier molecular flexibility index (Phi) is 13.5. The molecule has 1 aliphatic carbocycles. The van der Waals surface area contributed by atoms with Crippen LogP contribution in [0.3, 0.4) is 0 Å². The molecule has 3 rings (SSSR count). The van der Waals surface area contributed by atoms with Gasteiger partial charge in [-0.15, -0.1) is 13.2 Å². The zero-order valence-electron chi connectivity index (χ0n) is 24.6. The first-order valence-corrected chi connectivity index (χ1v) is 15.1. The highest BCUT2D eigenvalue weighted by molar-refractivity contribution is 5.86. The molecule has 0 aliphatic heterocycles. The first kappa shape index (κ1) is 32.8. The third-order valence-corrected chi connectivity index (χ3v) is 8.05. The van der Waals surface area contributed by atoms with Gasteiger partial charge in [0.25, 0.3) is 0 Å². The predicted octanol–water partition coefficient (Wildman–Crippen LogP) is 5.61. The summed E-state index contributed by atoms with van der Waals surface area (Å²) in [6, 6.07) is 18.7. The molecule has 1 saturated carbocycles. The van der Waals surface area contributed by atoms with Gasteiger partial charge >= 0.3 is 5.97 Å². The summed E-state index contributed by atoms with van der Waals surface area (Å²) in [5, 5.41) is 15.9. The number of rotatable bonds is 18. The van der Waals surface area contributed by atoms with Gasteiger partial charge in [0.2, 0.25) is 11.8 Å². The molecule has 2 aromatic carbocycles. The van der Waals surface area contributed by atoms with Gasteiger partial charge in [-0.05, 0) is 56.1 Å². The number of allylic oxidation sites excluding steroid dienone is 2. The summed E-state index contributed by atoms with van der Waals surface area (Å²) >= 11 is 0. The van der Waals surface area contributed by atoms with Crippen molar-refractivity contribution >= 4 is 17.8 Å². The molecule has 42 heavy (non-hydrogen) atoms. The Labute approximate surface area is 250 Å². The SMILES string of the molecule is C=CCCC[C@H](Cc1ccccc1)C(=O)OC[C@H](NC(=O)[C@@H](CC=C)CC(=O)NC1(CO)CCCC1)c1ccccc1. The molecule has 0 radical (unpaired) electrons. The van der Waals surface area contributed by atoms with Gasteiger partial charge in [0.1, 0.15) is 6.61 Å². The van der Waals surface area contributed by atoms with Gasteiger partial charge in [-0.3, -0.25) is 14.4 Å². The number of ether oxygens (including phenoxy) is 1. The van der Waals surface area contributed by atoms with E-state index >= 15 is 0 Å². The van der Waals surface area contributed by atoms with Crippen molar-refractivity contribution in [3.05, 3.63) is 97.1 Å². The molecule has 226 valence electrons. The van der Waals surface area contributed by atoms with Gasteiger partial charge in [-0.2, -0.15) is 0 Å². The Morgan fingerprint density at radius 1 is 0.952 bits per heavy atom. The quantitative estimate of drug-likeness (QED) is 0.122. The molecule has 0 saturated heterocycles. The molecule has 0 unspecified atom stereocenters. The zero-order chi connectivity index (χ0) is 30.2. The molecule has 0 heterocycles. The number of carbonyl (C=O) groups excluding carboxylic acids is 3. The molecule has 0 bridgehead atoms. The van der Waals surface area contributed by atoms with Crippen molar-refractivity contribution in [2.45, 2.75) is 75.8 Å². The number of hydrogen-bond donors (Lipinski definition) is 3. The van der Waals surface area contributed by atoms with Gasteiger partial charge in [-0.25, -0.2) is 0 Å². The molecule has 2 aromatic rings. The van der Waals surface area contributed by atoms with E-state index in [1.165, 1.54) is 0 Å². The van der Waals surface area contributed by atoms with Gasteiger partial charge < -0.3 is 20.5 Å². The third-order valence-electron chi connectivity index (χ3n) is 8.05. The van der Waals surface area contributed by atoms with Crippen LogP contribution in [0.4, 0.5) is 0 Å². The minimum absolute atomic E-state index is 0.0245. The van der Waals surface area contributed by atoms with E-state index in [4.69, 9.17) is 4.74 Å². The van der Waals surface area contributed by atoms with Crippen molar-refractivity contribution in [3.8, 4) is 0 Å². The third kappa shape index (κ3) is 10.3. The largest absolute Gasteiger partial charge is 0.463 e. The molecule has 3 N–H and O–H groups in total. The van der Waals surface area contributed by atoms with E-state index in [0.717, 1.165) is 49.7 Å². The van der Waals surface area contributed by atoms with Crippen LogP contribution in [0.2, 0.25) is 0 Å². The van der Waals surface area contributed by atoms with Crippen molar-refractivity contribution in [2.24, 2.45) is 11.8 Å². The van der Waals surface area contributed by atoms with Gasteiger partial charge in [0, 0.05) is 6.42 Å². The van der Waals surface area contributed by atoms with Crippen LogP contribution < -0.4 is 10.6 Å².